The van der Waals surface area contributed by atoms with E-state index in [0.29, 0.717) is 0 Å². The lowest BCUT2D eigenvalue weighted by Crippen LogP contribution is -2.08. The fourth-order valence-corrected chi connectivity index (χ4v) is 2.30. The summed E-state index contributed by atoms with van der Waals surface area (Å²) in [5.41, 5.74) is 2.00. The lowest BCUT2D eigenvalue weighted by molar-refractivity contribution is 0.643. The van der Waals surface area contributed by atoms with Gasteiger partial charge in [0.25, 0.3) is 0 Å². The molecule has 2 heterocycles. The second-order valence-electron chi connectivity index (χ2n) is 4.01. The topological polar surface area (TPSA) is 35.6 Å². The Morgan fingerprint density at radius 3 is 2.65 bits per heavy atom. The molecule has 4 nitrogen and oxygen atoms in total. The first-order chi connectivity index (χ1) is 8.17. The van der Waals surface area contributed by atoms with Crippen LogP contribution in [0.25, 0.3) is 0 Å². The zero-order valence-electron chi connectivity index (χ0n) is 10.4. The van der Waals surface area contributed by atoms with E-state index in [1.54, 1.807) is 0 Å². The van der Waals surface area contributed by atoms with Gasteiger partial charge < -0.3 is 4.57 Å². The average Bonchev–Trinajstić information content (AvgIpc) is 2.88. The second kappa shape index (κ2) is 4.92. The lowest BCUT2D eigenvalue weighted by Gasteiger charge is -2.07. The maximum atomic E-state index is 6.33. The molecule has 92 valence electrons. The molecule has 0 aliphatic heterocycles. The zero-order valence-corrected chi connectivity index (χ0v) is 11.2. The largest absolute Gasteiger partial charge is 0.329 e. The number of halogens is 1. The van der Waals surface area contributed by atoms with Crippen molar-refractivity contribution in [3.05, 3.63) is 34.6 Å². The van der Waals surface area contributed by atoms with Crippen LogP contribution in [-0.4, -0.2) is 19.3 Å². The SMILES string of the molecule is CCc1nn(C)c(Cn2ccnc2CC)c1Cl. The third-order valence-electron chi connectivity index (χ3n) is 2.94. The smallest absolute Gasteiger partial charge is 0.108 e. The van der Waals surface area contributed by atoms with Crippen LogP contribution >= 0.6 is 11.6 Å². The van der Waals surface area contributed by atoms with Gasteiger partial charge in [0.2, 0.25) is 0 Å². The van der Waals surface area contributed by atoms with Gasteiger partial charge in [-0.15, -0.1) is 0 Å². The Kier molecular flexibility index (Phi) is 3.52. The minimum absolute atomic E-state index is 0.728. The third kappa shape index (κ3) is 2.22. The van der Waals surface area contributed by atoms with Crippen LogP contribution < -0.4 is 0 Å². The molecule has 2 aromatic heterocycles. The first-order valence-electron chi connectivity index (χ1n) is 5.87. The molecule has 0 fully saturated rings. The van der Waals surface area contributed by atoms with E-state index in [9.17, 15) is 0 Å². The Morgan fingerprint density at radius 1 is 1.29 bits per heavy atom. The van der Waals surface area contributed by atoms with E-state index in [-0.39, 0.29) is 0 Å². The van der Waals surface area contributed by atoms with E-state index in [1.807, 2.05) is 24.1 Å². The summed E-state index contributed by atoms with van der Waals surface area (Å²) in [5, 5.41) is 5.20. The van der Waals surface area contributed by atoms with Gasteiger partial charge in [-0.3, -0.25) is 4.68 Å². The van der Waals surface area contributed by atoms with Gasteiger partial charge in [-0.1, -0.05) is 25.4 Å². The van der Waals surface area contributed by atoms with Crippen molar-refractivity contribution in [3.8, 4) is 0 Å². The van der Waals surface area contributed by atoms with E-state index in [4.69, 9.17) is 11.6 Å². The summed E-state index contributed by atoms with van der Waals surface area (Å²) in [5.74, 6) is 1.07. The Hall–Kier alpha value is -1.29. The Bertz CT molecular complexity index is 513. The Morgan fingerprint density at radius 2 is 2.06 bits per heavy atom. The fraction of sp³-hybridized carbons (Fsp3) is 0.500. The highest BCUT2D eigenvalue weighted by molar-refractivity contribution is 6.31. The molecule has 0 saturated heterocycles. The maximum absolute atomic E-state index is 6.33. The van der Waals surface area contributed by atoms with Crippen molar-refractivity contribution in [2.75, 3.05) is 0 Å². The van der Waals surface area contributed by atoms with E-state index in [0.717, 1.165) is 41.6 Å². The van der Waals surface area contributed by atoms with E-state index < -0.39 is 0 Å². The Labute approximate surface area is 106 Å². The highest BCUT2D eigenvalue weighted by atomic mass is 35.5. The molecule has 0 unspecified atom stereocenters. The highest BCUT2D eigenvalue weighted by Crippen LogP contribution is 2.22. The van der Waals surface area contributed by atoms with Gasteiger partial charge in [0.1, 0.15) is 5.82 Å². The van der Waals surface area contributed by atoms with Crippen LogP contribution in [0, 0.1) is 0 Å². The number of hydrogen-bond donors (Lipinski definition) is 0. The van der Waals surface area contributed by atoms with Crippen LogP contribution in [0.1, 0.15) is 31.1 Å². The van der Waals surface area contributed by atoms with Gasteiger partial charge in [-0.2, -0.15) is 5.10 Å². The van der Waals surface area contributed by atoms with Crippen LogP contribution in [-0.2, 0) is 26.4 Å². The molecule has 0 radical (unpaired) electrons. The number of hydrogen-bond acceptors (Lipinski definition) is 2. The maximum Gasteiger partial charge on any atom is 0.108 e. The van der Waals surface area contributed by atoms with Crippen molar-refractivity contribution in [2.45, 2.75) is 33.2 Å². The number of aromatic nitrogens is 4. The molecule has 5 heteroatoms. The molecule has 0 aromatic carbocycles. The van der Waals surface area contributed by atoms with Crippen molar-refractivity contribution in [2.24, 2.45) is 7.05 Å². The molecule has 0 amide bonds. The molecule has 0 aliphatic carbocycles. The molecule has 2 rings (SSSR count). The van der Waals surface area contributed by atoms with Gasteiger partial charge in [-0.05, 0) is 6.42 Å². The summed E-state index contributed by atoms with van der Waals surface area (Å²) in [6.07, 6.45) is 5.58. The summed E-state index contributed by atoms with van der Waals surface area (Å²) in [6, 6.07) is 0. The van der Waals surface area contributed by atoms with Crippen LogP contribution in [0.15, 0.2) is 12.4 Å². The molecular formula is C12H17ClN4. The molecule has 0 spiro atoms. The lowest BCUT2D eigenvalue weighted by atomic mass is 10.3. The highest BCUT2D eigenvalue weighted by Gasteiger charge is 2.14. The average molecular weight is 253 g/mol. The summed E-state index contributed by atoms with van der Waals surface area (Å²) in [7, 11) is 1.93. The van der Waals surface area contributed by atoms with Crippen molar-refractivity contribution < 1.29 is 0 Å². The molecule has 2 aromatic rings. The van der Waals surface area contributed by atoms with E-state index in [2.05, 4.69) is 28.5 Å². The molecule has 0 bridgehead atoms. The zero-order chi connectivity index (χ0) is 12.4. The quantitative estimate of drug-likeness (QED) is 0.838. The van der Waals surface area contributed by atoms with E-state index >= 15 is 0 Å². The predicted molar refractivity (Wildman–Crippen MR) is 68.3 cm³/mol. The van der Waals surface area contributed by atoms with E-state index in [1.165, 1.54) is 0 Å². The van der Waals surface area contributed by atoms with Crippen LogP contribution in [0.5, 0.6) is 0 Å². The van der Waals surface area contributed by atoms with Gasteiger partial charge in [0, 0.05) is 25.9 Å². The predicted octanol–water partition coefficient (Wildman–Crippen LogP) is 2.44. The Balaban J connectivity index is 2.33. The summed E-state index contributed by atoms with van der Waals surface area (Å²) in [4.78, 5) is 4.31. The number of rotatable bonds is 4. The fourth-order valence-electron chi connectivity index (χ4n) is 1.95. The minimum atomic E-state index is 0.728. The summed E-state index contributed by atoms with van der Waals surface area (Å²) < 4.78 is 3.98. The molecular weight excluding hydrogens is 236 g/mol. The normalized spacial score (nSPS) is 11.1. The van der Waals surface area contributed by atoms with Crippen molar-refractivity contribution in [3.63, 3.8) is 0 Å². The van der Waals surface area contributed by atoms with Gasteiger partial charge in [-0.25, -0.2) is 4.98 Å². The van der Waals surface area contributed by atoms with Crippen molar-refractivity contribution in [1.82, 2.24) is 19.3 Å². The van der Waals surface area contributed by atoms with Gasteiger partial charge >= 0.3 is 0 Å². The second-order valence-corrected chi connectivity index (χ2v) is 4.39. The number of nitrogens with zero attached hydrogens (tertiary/aromatic N) is 4. The van der Waals surface area contributed by atoms with Gasteiger partial charge in [0.15, 0.2) is 0 Å². The van der Waals surface area contributed by atoms with Crippen molar-refractivity contribution in [1.29, 1.82) is 0 Å². The van der Waals surface area contributed by atoms with Gasteiger partial charge in [0.05, 0.1) is 23.0 Å². The minimum Gasteiger partial charge on any atom is -0.329 e. The number of imidazole rings is 1. The first kappa shape index (κ1) is 12.2. The molecule has 0 atom stereocenters. The molecule has 0 N–H and O–H groups in total. The van der Waals surface area contributed by atoms with Crippen molar-refractivity contribution >= 4 is 11.6 Å². The number of aryl methyl sites for hydroxylation is 3. The first-order valence-corrected chi connectivity index (χ1v) is 6.25. The summed E-state index contributed by atoms with van der Waals surface area (Å²) in [6.45, 7) is 4.89. The van der Waals surface area contributed by atoms with Crippen LogP contribution in [0.3, 0.4) is 0 Å². The van der Waals surface area contributed by atoms with Crippen LogP contribution in [0.4, 0.5) is 0 Å². The standard InChI is InChI=1S/C12H17ClN4/c1-4-9-12(13)10(16(3)15-9)8-17-7-6-14-11(17)5-2/h6-7H,4-5,8H2,1-3H3. The summed E-state index contributed by atoms with van der Waals surface area (Å²) >= 11 is 6.33. The molecule has 0 saturated carbocycles. The monoisotopic (exact) mass is 252 g/mol. The molecule has 0 aliphatic rings. The van der Waals surface area contributed by atoms with Crippen LogP contribution in [0.2, 0.25) is 5.02 Å². The third-order valence-corrected chi connectivity index (χ3v) is 3.38. The molecule has 17 heavy (non-hydrogen) atoms.